The summed E-state index contributed by atoms with van der Waals surface area (Å²) in [5.41, 5.74) is 1.05. The van der Waals surface area contributed by atoms with Crippen LogP contribution in [0.3, 0.4) is 0 Å². The summed E-state index contributed by atoms with van der Waals surface area (Å²) in [5, 5.41) is 0.369. The summed E-state index contributed by atoms with van der Waals surface area (Å²) < 4.78 is 37.5. The lowest BCUT2D eigenvalue weighted by Gasteiger charge is -2.12. The predicted octanol–water partition coefficient (Wildman–Crippen LogP) is 3.01. The van der Waals surface area contributed by atoms with Crippen LogP contribution < -0.4 is 14.2 Å². The maximum atomic E-state index is 12.1. The Hall–Kier alpha value is -1.76. The zero-order chi connectivity index (χ0) is 16.9. The molecule has 0 heterocycles. The van der Waals surface area contributed by atoms with Crippen molar-refractivity contribution < 1.29 is 17.9 Å². The Balaban J connectivity index is 1.93. The molecule has 2 aromatic carbocycles. The van der Waals surface area contributed by atoms with Gasteiger partial charge in [0.15, 0.2) is 11.5 Å². The van der Waals surface area contributed by atoms with Crippen LogP contribution in [-0.4, -0.2) is 28.7 Å². The quantitative estimate of drug-likeness (QED) is 0.775. The smallest absolute Gasteiger partial charge is 0.240 e. The minimum Gasteiger partial charge on any atom is -0.493 e. The van der Waals surface area contributed by atoms with Crippen LogP contribution in [0.4, 0.5) is 0 Å². The van der Waals surface area contributed by atoms with Gasteiger partial charge in [-0.25, -0.2) is 13.1 Å². The monoisotopic (exact) mass is 355 g/mol. The number of nitrogens with one attached hydrogen (secondary N) is 1. The molecule has 7 heteroatoms. The molecule has 0 aliphatic rings. The average molecular weight is 356 g/mol. The topological polar surface area (TPSA) is 64.6 Å². The van der Waals surface area contributed by atoms with Crippen LogP contribution in [0.15, 0.2) is 47.4 Å². The van der Waals surface area contributed by atoms with E-state index in [1.165, 1.54) is 12.1 Å². The van der Waals surface area contributed by atoms with Crippen LogP contribution in [0.5, 0.6) is 11.5 Å². The van der Waals surface area contributed by atoms with Crippen molar-refractivity contribution >= 4 is 21.6 Å². The molecule has 0 fully saturated rings. The molecule has 0 aromatic heterocycles. The molecule has 0 aliphatic heterocycles. The summed E-state index contributed by atoms with van der Waals surface area (Å²) in [6, 6.07) is 11.6. The Morgan fingerprint density at radius 3 is 2.61 bits per heavy atom. The van der Waals surface area contributed by atoms with Crippen LogP contribution in [0.25, 0.3) is 0 Å². The Bertz CT molecular complexity index is 777. The first kappa shape index (κ1) is 17.6. The number of aryl methyl sites for hydroxylation is 1. The van der Waals surface area contributed by atoms with Gasteiger partial charge in [0.25, 0.3) is 0 Å². The van der Waals surface area contributed by atoms with Gasteiger partial charge in [-0.05, 0) is 42.8 Å². The van der Waals surface area contributed by atoms with E-state index in [2.05, 4.69) is 4.72 Å². The first-order valence-electron chi connectivity index (χ1n) is 6.95. The number of halogens is 1. The SMILES string of the molecule is COc1cc(C)ccc1OCCNS(=O)(=O)c1cccc(Cl)c1. The van der Waals surface area contributed by atoms with Gasteiger partial charge in [-0.3, -0.25) is 0 Å². The van der Waals surface area contributed by atoms with Crippen molar-refractivity contribution in [3.05, 3.63) is 53.1 Å². The lowest BCUT2D eigenvalue weighted by Crippen LogP contribution is -2.28. The van der Waals surface area contributed by atoms with E-state index < -0.39 is 10.0 Å². The lowest BCUT2D eigenvalue weighted by atomic mass is 10.2. The number of benzene rings is 2. The third-order valence-electron chi connectivity index (χ3n) is 3.08. The third kappa shape index (κ3) is 4.86. The molecular formula is C16H18ClNO4S. The third-order valence-corrected chi connectivity index (χ3v) is 4.77. The molecule has 2 rings (SSSR count). The number of hydrogen-bond donors (Lipinski definition) is 1. The van der Waals surface area contributed by atoms with Crippen molar-refractivity contribution in [2.75, 3.05) is 20.3 Å². The average Bonchev–Trinajstić information content (AvgIpc) is 2.52. The minimum absolute atomic E-state index is 0.123. The lowest BCUT2D eigenvalue weighted by molar-refractivity contribution is 0.298. The van der Waals surface area contributed by atoms with Crippen molar-refractivity contribution in [2.24, 2.45) is 0 Å². The van der Waals surface area contributed by atoms with Crippen LogP contribution in [-0.2, 0) is 10.0 Å². The van der Waals surface area contributed by atoms with E-state index >= 15 is 0 Å². The summed E-state index contributed by atoms with van der Waals surface area (Å²) in [6.45, 7) is 2.26. The number of methoxy groups -OCH3 is 1. The first-order chi connectivity index (χ1) is 10.9. The molecule has 124 valence electrons. The molecule has 0 bridgehead atoms. The Morgan fingerprint density at radius 2 is 1.91 bits per heavy atom. The van der Waals surface area contributed by atoms with Crippen molar-refractivity contribution in [1.82, 2.24) is 4.72 Å². The van der Waals surface area contributed by atoms with Crippen LogP contribution in [0, 0.1) is 6.92 Å². The minimum atomic E-state index is -3.61. The van der Waals surface area contributed by atoms with Gasteiger partial charge in [-0.1, -0.05) is 23.7 Å². The second-order valence-electron chi connectivity index (χ2n) is 4.86. The fourth-order valence-corrected chi connectivity index (χ4v) is 3.26. The van der Waals surface area contributed by atoms with Gasteiger partial charge < -0.3 is 9.47 Å². The molecular weight excluding hydrogens is 338 g/mol. The van der Waals surface area contributed by atoms with E-state index in [0.29, 0.717) is 16.5 Å². The fourth-order valence-electron chi connectivity index (χ4n) is 1.95. The van der Waals surface area contributed by atoms with Crippen molar-refractivity contribution in [3.63, 3.8) is 0 Å². The Morgan fingerprint density at radius 1 is 1.13 bits per heavy atom. The van der Waals surface area contributed by atoms with E-state index in [1.54, 1.807) is 25.3 Å². The molecule has 0 amide bonds. The second-order valence-corrected chi connectivity index (χ2v) is 7.06. The fraction of sp³-hybridized carbons (Fsp3) is 0.250. The molecule has 0 saturated heterocycles. The maximum Gasteiger partial charge on any atom is 0.240 e. The summed E-state index contributed by atoms with van der Waals surface area (Å²) in [7, 11) is -2.05. The standard InChI is InChI=1S/C16H18ClNO4S/c1-12-6-7-15(16(10-12)21-2)22-9-8-18-23(19,20)14-5-3-4-13(17)11-14/h3-7,10-11,18H,8-9H2,1-2H3. The van der Waals surface area contributed by atoms with Gasteiger partial charge >= 0.3 is 0 Å². The summed E-state index contributed by atoms with van der Waals surface area (Å²) in [5.74, 6) is 1.18. The van der Waals surface area contributed by atoms with E-state index in [0.717, 1.165) is 5.56 Å². The molecule has 0 unspecified atom stereocenters. The number of ether oxygens (including phenoxy) is 2. The van der Waals surface area contributed by atoms with E-state index in [1.807, 2.05) is 19.1 Å². The van der Waals surface area contributed by atoms with E-state index in [-0.39, 0.29) is 18.0 Å². The van der Waals surface area contributed by atoms with Crippen molar-refractivity contribution in [2.45, 2.75) is 11.8 Å². The summed E-state index contributed by atoms with van der Waals surface area (Å²) >= 11 is 5.81. The second kappa shape index (κ2) is 7.68. The summed E-state index contributed by atoms with van der Waals surface area (Å²) in [6.07, 6.45) is 0. The molecule has 1 N–H and O–H groups in total. The van der Waals surface area contributed by atoms with Crippen LogP contribution in [0.2, 0.25) is 5.02 Å². The molecule has 2 aromatic rings. The molecule has 0 radical (unpaired) electrons. The molecule has 5 nitrogen and oxygen atoms in total. The van der Waals surface area contributed by atoms with Gasteiger partial charge in [-0.2, -0.15) is 0 Å². The Labute approximate surface area is 141 Å². The molecule has 0 saturated carbocycles. The van der Waals surface area contributed by atoms with Crippen molar-refractivity contribution in [1.29, 1.82) is 0 Å². The van der Waals surface area contributed by atoms with Crippen LogP contribution in [0.1, 0.15) is 5.56 Å². The van der Waals surface area contributed by atoms with Gasteiger partial charge in [0.2, 0.25) is 10.0 Å². The normalized spacial score (nSPS) is 11.3. The van der Waals surface area contributed by atoms with Gasteiger partial charge in [0, 0.05) is 11.6 Å². The molecule has 0 spiro atoms. The van der Waals surface area contributed by atoms with E-state index in [9.17, 15) is 8.42 Å². The zero-order valence-corrected chi connectivity index (χ0v) is 14.4. The van der Waals surface area contributed by atoms with Gasteiger partial charge in [0.1, 0.15) is 6.61 Å². The molecule has 23 heavy (non-hydrogen) atoms. The molecule has 0 atom stereocenters. The van der Waals surface area contributed by atoms with Gasteiger partial charge in [0.05, 0.1) is 12.0 Å². The first-order valence-corrected chi connectivity index (χ1v) is 8.81. The highest BCUT2D eigenvalue weighted by atomic mass is 35.5. The van der Waals surface area contributed by atoms with E-state index in [4.69, 9.17) is 21.1 Å². The number of rotatable bonds is 7. The summed E-state index contributed by atoms with van der Waals surface area (Å²) in [4.78, 5) is 0.123. The highest BCUT2D eigenvalue weighted by Gasteiger charge is 2.13. The van der Waals surface area contributed by atoms with Crippen LogP contribution >= 0.6 is 11.6 Å². The van der Waals surface area contributed by atoms with Gasteiger partial charge in [-0.15, -0.1) is 0 Å². The number of hydrogen-bond acceptors (Lipinski definition) is 4. The largest absolute Gasteiger partial charge is 0.493 e. The predicted molar refractivity (Wildman–Crippen MR) is 89.9 cm³/mol. The number of sulfonamides is 1. The highest BCUT2D eigenvalue weighted by molar-refractivity contribution is 7.89. The molecule has 0 aliphatic carbocycles. The van der Waals surface area contributed by atoms with Crippen molar-refractivity contribution in [3.8, 4) is 11.5 Å². The zero-order valence-electron chi connectivity index (χ0n) is 12.9. The highest BCUT2D eigenvalue weighted by Crippen LogP contribution is 2.27. The maximum absolute atomic E-state index is 12.1. The Kier molecular flexibility index (Phi) is 5.87.